The van der Waals surface area contributed by atoms with Crippen molar-refractivity contribution >= 4 is 79.2 Å². The van der Waals surface area contributed by atoms with Crippen molar-refractivity contribution in [3.8, 4) is 0 Å². The van der Waals surface area contributed by atoms with Gasteiger partial charge in [0.15, 0.2) is 5.58 Å². The maximum absolute atomic E-state index is 7.24. The molecule has 0 bridgehead atoms. The first-order valence-corrected chi connectivity index (χ1v) is 26.7. The number of aryl methyl sites for hydroxylation is 3. The summed E-state index contributed by atoms with van der Waals surface area (Å²) in [5.41, 5.74) is 28.8. The first-order valence-electron chi connectivity index (χ1n) is 26.7. The molecule has 5 aliphatic rings. The van der Waals surface area contributed by atoms with Gasteiger partial charge in [0.05, 0.1) is 5.69 Å². The van der Waals surface area contributed by atoms with Crippen LogP contribution < -0.4 is 26.2 Å². The van der Waals surface area contributed by atoms with Crippen LogP contribution in [0.15, 0.2) is 114 Å². The molecule has 0 atom stereocenters. The molecule has 0 radical (unpaired) electrons. The molecule has 7 aromatic carbocycles. The summed E-state index contributed by atoms with van der Waals surface area (Å²) < 4.78 is 7.24. The van der Waals surface area contributed by atoms with Crippen molar-refractivity contribution in [2.45, 2.75) is 162 Å². The van der Waals surface area contributed by atoms with E-state index in [9.17, 15) is 0 Å². The van der Waals surface area contributed by atoms with E-state index >= 15 is 0 Å². The second-order valence-corrected chi connectivity index (χ2v) is 26.5. The average Bonchev–Trinajstić information content (AvgIpc) is 3.70. The summed E-state index contributed by atoms with van der Waals surface area (Å²) in [6.07, 6.45) is 4.69. The SMILES string of the molecule is Cc1cc2c3c(c1)N(c1cc4c(cc1C)C(C)(C)CCC4(C)C)c1c(ccc4c1oc1ccccc14)B3c1cc3c(cc1N2c1cc2c(cc1C)C(C)(C)CCC2(C)C)C(C)(C)c1ccccc1C3(C)C. The van der Waals surface area contributed by atoms with Gasteiger partial charge in [-0.2, -0.15) is 0 Å². The van der Waals surface area contributed by atoms with Gasteiger partial charge in [-0.1, -0.05) is 156 Å². The second-order valence-electron chi connectivity index (χ2n) is 26.5. The number of nitrogens with zero attached hydrogens (tertiary/aromatic N) is 2. The Bertz CT molecular complexity index is 3670. The highest BCUT2D eigenvalue weighted by molar-refractivity contribution is 7.00. The van der Waals surface area contributed by atoms with Crippen LogP contribution in [0.5, 0.6) is 0 Å². The van der Waals surface area contributed by atoms with Crippen molar-refractivity contribution in [1.82, 2.24) is 0 Å². The van der Waals surface area contributed by atoms with Crippen molar-refractivity contribution in [2.75, 3.05) is 9.80 Å². The van der Waals surface area contributed by atoms with E-state index in [1.54, 1.807) is 0 Å². The lowest BCUT2D eigenvalue weighted by atomic mass is 9.33. The summed E-state index contributed by atoms with van der Waals surface area (Å²) in [5.74, 6) is 0. The molecule has 0 spiro atoms. The van der Waals surface area contributed by atoms with Crippen molar-refractivity contribution in [2.24, 2.45) is 0 Å². The summed E-state index contributed by atoms with van der Waals surface area (Å²) in [6.45, 7) is 36.5. The number of hydrogen-bond donors (Lipinski definition) is 0. The Hall–Kier alpha value is -6.00. The van der Waals surface area contributed by atoms with Crippen molar-refractivity contribution in [1.29, 1.82) is 0 Å². The molecule has 2 aliphatic heterocycles. The molecule has 4 heteroatoms. The van der Waals surface area contributed by atoms with Crippen molar-refractivity contribution in [3.63, 3.8) is 0 Å². The molecule has 0 fully saturated rings. The minimum absolute atomic E-state index is 0.0339. The van der Waals surface area contributed by atoms with Gasteiger partial charge >= 0.3 is 0 Å². The second kappa shape index (κ2) is 14.1. The molecule has 3 heterocycles. The average molecular weight is 931 g/mol. The van der Waals surface area contributed by atoms with Crippen LogP contribution in [-0.2, 0) is 32.5 Å². The third-order valence-electron chi connectivity index (χ3n) is 19.3. The normalized spacial score (nSPS) is 19.8. The summed E-state index contributed by atoms with van der Waals surface area (Å²) in [4.78, 5) is 5.38. The van der Waals surface area contributed by atoms with Crippen LogP contribution in [0.2, 0.25) is 0 Å². The van der Waals surface area contributed by atoms with E-state index in [1.165, 1.54) is 131 Å². The van der Waals surface area contributed by atoms with Gasteiger partial charge in [-0.25, -0.2) is 0 Å². The molecule has 0 saturated heterocycles. The Morgan fingerprint density at radius 3 is 1.44 bits per heavy atom. The van der Waals surface area contributed by atoms with E-state index in [0.717, 1.165) is 28.4 Å². The standard InChI is InChI=1S/C67H71BN2O/c1-38-30-56-59-57(31-38)70(54-36-48-46(33-40(54)3)63(6,7)27-29-65(48,10)11)60-51(25-24-42-41-20-16-19-23-58(41)71-61(42)60)68(59)52-34-49-50(67(14,15)44-22-18-17-21-43(44)66(49,12)13)37-55(52)69(56)53-35-47-45(32-39(53)2)62(4,5)26-28-64(47,8)9/h16-25,30-37H,26-29H2,1-15H3. The van der Waals surface area contributed by atoms with Crippen LogP contribution in [0.4, 0.5) is 34.1 Å². The minimum Gasteiger partial charge on any atom is -0.454 e. The molecule has 1 aromatic heterocycles. The summed E-state index contributed by atoms with van der Waals surface area (Å²) in [7, 11) is 0. The number of fused-ring (bicyclic) bond motifs is 12. The Morgan fingerprint density at radius 2 is 0.873 bits per heavy atom. The van der Waals surface area contributed by atoms with Crippen molar-refractivity contribution in [3.05, 3.63) is 170 Å². The number of rotatable bonds is 2. The predicted octanol–water partition coefficient (Wildman–Crippen LogP) is 16.3. The van der Waals surface area contributed by atoms with Crippen LogP contribution in [-0.4, -0.2) is 6.71 Å². The third kappa shape index (κ3) is 5.97. The maximum Gasteiger partial charge on any atom is 0.252 e. The van der Waals surface area contributed by atoms with Gasteiger partial charge in [-0.3, -0.25) is 0 Å². The number of hydrogen-bond acceptors (Lipinski definition) is 3. The van der Waals surface area contributed by atoms with Gasteiger partial charge in [0.2, 0.25) is 0 Å². The molecule has 0 amide bonds. The lowest BCUT2D eigenvalue weighted by Crippen LogP contribution is -2.62. The van der Waals surface area contributed by atoms with E-state index in [0.29, 0.717) is 0 Å². The molecule has 71 heavy (non-hydrogen) atoms. The fourth-order valence-corrected chi connectivity index (χ4v) is 14.7. The fourth-order valence-electron chi connectivity index (χ4n) is 14.7. The Labute approximate surface area is 423 Å². The molecule has 13 rings (SSSR count). The van der Waals surface area contributed by atoms with Gasteiger partial charge in [0.1, 0.15) is 5.58 Å². The van der Waals surface area contributed by atoms with Gasteiger partial charge in [-0.05, 0) is 182 Å². The summed E-state index contributed by atoms with van der Waals surface area (Å²) in [5, 5.41) is 2.32. The molecule has 0 N–H and O–H groups in total. The van der Waals surface area contributed by atoms with Gasteiger partial charge in [0.25, 0.3) is 6.71 Å². The number of benzene rings is 7. The van der Waals surface area contributed by atoms with Crippen LogP contribution >= 0.6 is 0 Å². The zero-order chi connectivity index (χ0) is 49.9. The Kier molecular flexibility index (Phi) is 8.95. The molecular formula is C67H71BN2O. The minimum atomic E-state index is -0.220. The maximum atomic E-state index is 7.24. The molecule has 0 unspecified atom stereocenters. The number of furan rings is 1. The van der Waals surface area contributed by atoms with Crippen LogP contribution in [0.3, 0.4) is 0 Å². The fraction of sp³-hybridized carbons (Fsp3) is 0.373. The molecule has 8 aromatic rings. The van der Waals surface area contributed by atoms with Crippen LogP contribution in [0, 0.1) is 20.8 Å². The summed E-state index contributed by atoms with van der Waals surface area (Å²) in [6, 6.07) is 43.4. The number of para-hydroxylation sites is 1. The third-order valence-corrected chi connectivity index (χ3v) is 19.3. The lowest BCUT2D eigenvalue weighted by molar-refractivity contribution is 0.332. The van der Waals surface area contributed by atoms with E-state index in [2.05, 4.69) is 223 Å². The number of anilines is 6. The smallest absolute Gasteiger partial charge is 0.252 e. The quantitative estimate of drug-likeness (QED) is 0.161. The highest BCUT2D eigenvalue weighted by Gasteiger charge is 2.50. The molecule has 0 saturated carbocycles. The zero-order valence-corrected chi connectivity index (χ0v) is 45.1. The summed E-state index contributed by atoms with van der Waals surface area (Å²) >= 11 is 0. The lowest BCUT2D eigenvalue weighted by Gasteiger charge is -2.49. The van der Waals surface area contributed by atoms with E-state index in [4.69, 9.17) is 4.42 Å². The molecule has 3 aliphatic carbocycles. The van der Waals surface area contributed by atoms with Gasteiger partial charge < -0.3 is 14.2 Å². The molecular weight excluding hydrogens is 860 g/mol. The Morgan fingerprint density at radius 1 is 0.408 bits per heavy atom. The monoisotopic (exact) mass is 931 g/mol. The van der Waals surface area contributed by atoms with Crippen molar-refractivity contribution < 1.29 is 4.42 Å². The van der Waals surface area contributed by atoms with E-state index in [-0.39, 0.29) is 39.2 Å². The highest BCUT2D eigenvalue weighted by Crippen LogP contribution is 2.56. The highest BCUT2D eigenvalue weighted by atomic mass is 16.3. The van der Waals surface area contributed by atoms with Crippen LogP contribution in [0.1, 0.15) is 170 Å². The topological polar surface area (TPSA) is 19.6 Å². The zero-order valence-electron chi connectivity index (χ0n) is 45.1. The first-order chi connectivity index (χ1) is 33.4. The molecule has 3 nitrogen and oxygen atoms in total. The Balaban J connectivity index is 1.18. The largest absolute Gasteiger partial charge is 0.454 e. The molecule has 358 valence electrons. The van der Waals surface area contributed by atoms with E-state index in [1.807, 2.05) is 0 Å². The van der Waals surface area contributed by atoms with Gasteiger partial charge in [0, 0.05) is 50.0 Å². The first kappa shape index (κ1) is 44.9. The van der Waals surface area contributed by atoms with E-state index < -0.39 is 0 Å². The predicted molar refractivity (Wildman–Crippen MR) is 303 cm³/mol. The van der Waals surface area contributed by atoms with Crippen LogP contribution in [0.25, 0.3) is 21.9 Å². The van der Waals surface area contributed by atoms with Gasteiger partial charge in [-0.15, -0.1) is 0 Å².